The number of hydrogen-bond acceptors (Lipinski definition) is 1. The highest BCUT2D eigenvalue weighted by molar-refractivity contribution is 6.31. The van der Waals surface area contributed by atoms with Crippen molar-refractivity contribution in [1.29, 1.82) is 0 Å². The SMILES string of the molecule is Cc1c(CNC2CCCC2)c2ccccc2n1Cc1ccccc1Cl.Cl. The number of fused-ring (bicyclic) bond motifs is 1. The van der Waals surface area contributed by atoms with E-state index in [-0.39, 0.29) is 12.4 Å². The Balaban J connectivity index is 0.00000196. The van der Waals surface area contributed by atoms with E-state index < -0.39 is 0 Å². The molecule has 138 valence electrons. The van der Waals surface area contributed by atoms with Crippen LogP contribution in [0, 0.1) is 6.92 Å². The van der Waals surface area contributed by atoms with Crippen LogP contribution >= 0.6 is 24.0 Å². The average Bonchev–Trinajstić information content (AvgIpc) is 3.23. The van der Waals surface area contributed by atoms with Crippen molar-refractivity contribution in [2.45, 2.75) is 51.7 Å². The maximum Gasteiger partial charge on any atom is 0.0493 e. The van der Waals surface area contributed by atoms with Gasteiger partial charge in [0, 0.05) is 40.8 Å². The van der Waals surface area contributed by atoms with Crippen molar-refractivity contribution in [2.75, 3.05) is 0 Å². The zero-order chi connectivity index (χ0) is 17.2. The fraction of sp³-hybridized carbons (Fsp3) is 0.364. The number of nitrogens with one attached hydrogen (secondary N) is 1. The Labute approximate surface area is 167 Å². The number of hydrogen-bond donors (Lipinski definition) is 1. The predicted molar refractivity (Wildman–Crippen MR) is 114 cm³/mol. The second-order valence-corrected chi connectivity index (χ2v) is 7.53. The lowest BCUT2D eigenvalue weighted by molar-refractivity contribution is 0.523. The van der Waals surface area contributed by atoms with Crippen molar-refractivity contribution >= 4 is 34.9 Å². The molecule has 1 fully saturated rings. The molecule has 0 radical (unpaired) electrons. The zero-order valence-electron chi connectivity index (χ0n) is 15.2. The lowest BCUT2D eigenvalue weighted by Crippen LogP contribution is -2.25. The highest BCUT2D eigenvalue weighted by Gasteiger charge is 2.18. The fourth-order valence-electron chi connectivity index (χ4n) is 4.10. The summed E-state index contributed by atoms with van der Waals surface area (Å²) in [5.41, 5.74) is 5.23. The van der Waals surface area contributed by atoms with E-state index in [0.717, 1.165) is 18.1 Å². The van der Waals surface area contributed by atoms with Crippen LogP contribution in [0.1, 0.15) is 42.5 Å². The first-order valence-electron chi connectivity index (χ1n) is 9.27. The van der Waals surface area contributed by atoms with Crippen LogP contribution in [0.15, 0.2) is 48.5 Å². The number of rotatable bonds is 5. The van der Waals surface area contributed by atoms with Gasteiger partial charge in [-0.05, 0) is 43.0 Å². The smallest absolute Gasteiger partial charge is 0.0493 e. The lowest BCUT2D eigenvalue weighted by atomic mass is 10.1. The summed E-state index contributed by atoms with van der Waals surface area (Å²) in [4.78, 5) is 0. The molecule has 2 aromatic carbocycles. The molecule has 4 heteroatoms. The van der Waals surface area contributed by atoms with Gasteiger partial charge in [0.25, 0.3) is 0 Å². The minimum Gasteiger partial charge on any atom is -0.340 e. The van der Waals surface area contributed by atoms with Crippen molar-refractivity contribution in [2.24, 2.45) is 0 Å². The molecule has 0 aliphatic heterocycles. The van der Waals surface area contributed by atoms with E-state index in [0.29, 0.717) is 6.04 Å². The Bertz CT molecular complexity index is 879. The maximum absolute atomic E-state index is 6.41. The number of nitrogens with zero attached hydrogens (tertiary/aromatic N) is 1. The van der Waals surface area contributed by atoms with Crippen molar-refractivity contribution in [3.8, 4) is 0 Å². The van der Waals surface area contributed by atoms with E-state index in [1.54, 1.807) is 0 Å². The summed E-state index contributed by atoms with van der Waals surface area (Å²) in [5.74, 6) is 0. The third kappa shape index (κ3) is 3.78. The average molecular weight is 389 g/mol. The predicted octanol–water partition coefficient (Wildman–Crippen LogP) is 6.11. The van der Waals surface area contributed by atoms with Gasteiger partial charge >= 0.3 is 0 Å². The molecule has 0 amide bonds. The third-order valence-electron chi connectivity index (χ3n) is 5.57. The van der Waals surface area contributed by atoms with E-state index in [4.69, 9.17) is 11.6 Å². The third-order valence-corrected chi connectivity index (χ3v) is 5.94. The van der Waals surface area contributed by atoms with Gasteiger partial charge in [-0.1, -0.05) is 60.8 Å². The molecule has 0 bridgehead atoms. The van der Waals surface area contributed by atoms with E-state index in [1.165, 1.54) is 53.4 Å². The first-order chi connectivity index (χ1) is 12.2. The summed E-state index contributed by atoms with van der Waals surface area (Å²) in [5, 5.41) is 5.98. The van der Waals surface area contributed by atoms with Gasteiger partial charge < -0.3 is 9.88 Å². The minimum absolute atomic E-state index is 0. The van der Waals surface area contributed by atoms with Crippen LogP contribution in [-0.2, 0) is 13.1 Å². The van der Waals surface area contributed by atoms with E-state index in [9.17, 15) is 0 Å². The van der Waals surface area contributed by atoms with Gasteiger partial charge in [-0.2, -0.15) is 0 Å². The molecule has 2 nitrogen and oxygen atoms in total. The minimum atomic E-state index is 0. The monoisotopic (exact) mass is 388 g/mol. The maximum atomic E-state index is 6.41. The molecule has 1 aliphatic carbocycles. The summed E-state index contributed by atoms with van der Waals surface area (Å²) in [7, 11) is 0. The van der Waals surface area contributed by atoms with Crippen molar-refractivity contribution < 1.29 is 0 Å². The van der Waals surface area contributed by atoms with Crippen LogP contribution in [0.25, 0.3) is 10.9 Å². The van der Waals surface area contributed by atoms with Gasteiger partial charge in [-0.15, -0.1) is 12.4 Å². The summed E-state index contributed by atoms with van der Waals surface area (Å²) >= 11 is 6.41. The van der Waals surface area contributed by atoms with Crippen molar-refractivity contribution in [3.05, 3.63) is 70.4 Å². The van der Waals surface area contributed by atoms with Crippen LogP contribution < -0.4 is 5.32 Å². The molecule has 1 N–H and O–H groups in total. The highest BCUT2D eigenvalue weighted by atomic mass is 35.5. The number of halogens is 2. The molecule has 4 rings (SSSR count). The summed E-state index contributed by atoms with van der Waals surface area (Å²) < 4.78 is 2.40. The Morgan fingerprint density at radius 2 is 1.73 bits per heavy atom. The van der Waals surface area contributed by atoms with Crippen LogP contribution in [0.4, 0.5) is 0 Å². The summed E-state index contributed by atoms with van der Waals surface area (Å²) in [6, 6.07) is 17.6. The standard InChI is InChI=1S/C22H25ClN2.ClH/c1-16-20(14-24-18-9-3-4-10-18)19-11-5-7-13-22(19)25(16)15-17-8-2-6-12-21(17)23;/h2,5-8,11-13,18,24H,3-4,9-10,14-15H2,1H3;1H. The van der Waals surface area contributed by atoms with Crippen molar-refractivity contribution in [1.82, 2.24) is 9.88 Å². The topological polar surface area (TPSA) is 17.0 Å². The molecular formula is C22H26Cl2N2. The largest absolute Gasteiger partial charge is 0.340 e. The number of benzene rings is 2. The summed E-state index contributed by atoms with van der Waals surface area (Å²) in [6.45, 7) is 4.00. The number of aromatic nitrogens is 1. The Morgan fingerprint density at radius 3 is 2.50 bits per heavy atom. The zero-order valence-corrected chi connectivity index (χ0v) is 16.7. The second kappa shape index (κ2) is 8.47. The van der Waals surface area contributed by atoms with Crippen LogP contribution in [-0.4, -0.2) is 10.6 Å². The molecule has 1 aromatic heterocycles. The molecular weight excluding hydrogens is 363 g/mol. The molecule has 0 saturated heterocycles. The first-order valence-corrected chi connectivity index (χ1v) is 9.65. The molecule has 3 aromatic rings. The molecule has 0 spiro atoms. The van der Waals surface area contributed by atoms with Gasteiger partial charge in [0.1, 0.15) is 0 Å². The number of para-hydroxylation sites is 1. The van der Waals surface area contributed by atoms with Gasteiger partial charge in [0.05, 0.1) is 0 Å². The molecule has 26 heavy (non-hydrogen) atoms. The Hall–Kier alpha value is -1.48. The molecule has 1 heterocycles. The highest BCUT2D eigenvalue weighted by Crippen LogP contribution is 2.29. The quantitative estimate of drug-likeness (QED) is 0.557. The molecule has 0 unspecified atom stereocenters. The summed E-state index contributed by atoms with van der Waals surface area (Å²) in [6.07, 6.45) is 5.37. The molecule has 1 saturated carbocycles. The fourth-order valence-corrected chi connectivity index (χ4v) is 4.30. The van der Waals surface area contributed by atoms with Crippen LogP contribution in [0.3, 0.4) is 0 Å². The van der Waals surface area contributed by atoms with Gasteiger partial charge in [0.15, 0.2) is 0 Å². The van der Waals surface area contributed by atoms with E-state index in [1.807, 2.05) is 12.1 Å². The van der Waals surface area contributed by atoms with Crippen LogP contribution in [0.2, 0.25) is 5.02 Å². The molecule has 0 atom stereocenters. The van der Waals surface area contributed by atoms with Crippen molar-refractivity contribution in [3.63, 3.8) is 0 Å². The van der Waals surface area contributed by atoms with E-state index in [2.05, 4.69) is 53.2 Å². The Kier molecular flexibility index (Phi) is 6.29. The normalized spacial score (nSPS) is 14.7. The molecule has 1 aliphatic rings. The van der Waals surface area contributed by atoms with E-state index >= 15 is 0 Å². The first kappa shape index (κ1) is 19.3. The Morgan fingerprint density at radius 1 is 1.04 bits per heavy atom. The van der Waals surface area contributed by atoms with Gasteiger partial charge in [-0.3, -0.25) is 0 Å². The second-order valence-electron chi connectivity index (χ2n) is 7.12. The lowest BCUT2D eigenvalue weighted by Gasteiger charge is -2.13. The van der Waals surface area contributed by atoms with Gasteiger partial charge in [0.2, 0.25) is 0 Å². The van der Waals surface area contributed by atoms with Gasteiger partial charge in [-0.25, -0.2) is 0 Å². The van der Waals surface area contributed by atoms with Crippen LogP contribution in [0.5, 0.6) is 0 Å².